The first-order valence-corrected chi connectivity index (χ1v) is 8.26. The molecule has 0 aliphatic carbocycles. The molecule has 0 aliphatic rings. The molecule has 0 fully saturated rings. The van der Waals surface area contributed by atoms with Crippen LogP contribution in [0, 0.1) is 0 Å². The van der Waals surface area contributed by atoms with Gasteiger partial charge in [0.15, 0.2) is 0 Å². The molecule has 0 unspecified atom stereocenters. The molecule has 0 rings (SSSR count). The van der Waals surface area contributed by atoms with Gasteiger partial charge >= 0.3 is 11.9 Å². The number of nitrogens with one attached hydrogen (secondary N) is 2. The number of carbonyl (C=O) groups is 2. The van der Waals surface area contributed by atoms with Crippen LogP contribution in [0.3, 0.4) is 0 Å². The lowest BCUT2D eigenvalue weighted by Gasteiger charge is -2.04. The smallest absolute Gasteiger partial charge is 0.349 e. The highest BCUT2D eigenvalue weighted by molar-refractivity contribution is 5.91. The second kappa shape index (κ2) is 16.0. The van der Waals surface area contributed by atoms with Gasteiger partial charge in [0.25, 0.3) is 0 Å². The number of carbonyl (C=O) groups excluding carboxylic acids is 2. The molecule has 6 nitrogen and oxygen atoms in total. The van der Waals surface area contributed by atoms with Crippen molar-refractivity contribution in [1.29, 1.82) is 0 Å². The van der Waals surface area contributed by atoms with E-state index in [1.54, 1.807) is 0 Å². The zero-order chi connectivity index (χ0) is 16.5. The summed E-state index contributed by atoms with van der Waals surface area (Å²) < 4.78 is 0. The van der Waals surface area contributed by atoms with Gasteiger partial charge in [0.1, 0.15) is 0 Å². The Kier molecular flexibility index (Phi) is 15.0. The van der Waals surface area contributed by atoms with Crippen LogP contribution in [0.4, 0.5) is 0 Å². The Labute approximate surface area is 133 Å². The minimum atomic E-state index is -0.615. The summed E-state index contributed by atoms with van der Waals surface area (Å²) in [7, 11) is 0. The van der Waals surface area contributed by atoms with E-state index in [0.717, 1.165) is 50.7 Å². The van der Waals surface area contributed by atoms with Gasteiger partial charge in [-0.3, -0.25) is 0 Å². The molecule has 0 radical (unpaired) electrons. The van der Waals surface area contributed by atoms with Crippen LogP contribution in [0.2, 0.25) is 0 Å². The molecule has 0 aromatic heterocycles. The van der Waals surface area contributed by atoms with E-state index in [1.165, 1.54) is 12.8 Å². The monoisotopic (exact) mass is 314 g/mol. The third kappa shape index (κ3) is 15.0. The van der Waals surface area contributed by atoms with Crippen LogP contribution < -0.4 is 11.0 Å². The lowest BCUT2D eigenvalue weighted by Crippen LogP contribution is -2.21. The maximum atomic E-state index is 11.3. The Morgan fingerprint density at radius 3 is 1.50 bits per heavy atom. The summed E-state index contributed by atoms with van der Waals surface area (Å²) in [6.45, 7) is 5.50. The van der Waals surface area contributed by atoms with E-state index in [-0.39, 0.29) is 0 Å². The summed E-state index contributed by atoms with van der Waals surface area (Å²) in [6.07, 6.45) is 10.9. The Morgan fingerprint density at radius 2 is 1.14 bits per heavy atom. The van der Waals surface area contributed by atoms with Gasteiger partial charge in [-0.25, -0.2) is 9.59 Å². The highest BCUT2D eigenvalue weighted by Gasteiger charge is 2.01. The Balaban J connectivity index is 3.51. The van der Waals surface area contributed by atoms with Gasteiger partial charge in [-0.05, 0) is 12.8 Å². The van der Waals surface area contributed by atoms with E-state index in [0.29, 0.717) is 13.1 Å². The number of hydrogen-bond donors (Lipinski definition) is 2. The summed E-state index contributed by atoms with van der Waals surface area (Å²) in [5, 5.41) is 0. The van der Waals surface area contributed by atoms with E-state index < -0.39 is 11.9 Å². The van der Waals surface area contributed by atoms with Crippen LogP contribution in [0.25, 0.3) is 0 Å². The fourth-order valence-corrected chi connectivity index (χ4v) is 1.70. The maximum absolute atomic E-state index is 11.3. The highest BCUT2D eigenvalue weighted by atomic mass is 16.7. The summed E-state index contributed by atoms with van der Waals surface area (Å²) >= 11 is 0. The Hall–Kier alpha value is -1.40. The van der Waals surface area contributed by atoms with Gasteiger partial charge in [0.2, 0.25) is 0 Å². The highest BCUT2D eigenvalue weighted by Crippen LogP contribution is 1.97. The zero-order valence-corrected chi connectivity index (χ0v) is 13.9. The van der Waals surface area contributed by atoms with Crippen LogP contribution in [-0.2, 0) is 19.3 Å². The first-order valence-electron chi connectivity index (χ1n) is 8.26. The third-order valence-corrected chi connectivity index (χ3v) is 2.97. The fourth-order valence-electron chi connectivity index (χ4n) is 1.70. The van der Waals surface area contributed by atoms with Crippen LogP contribution in [0.1, 0.15) is 65.2 Å². The predicted octanol–water partition coefficient (Wildman–Crippen LogP) is 2.80. The number of hydroxylamine groups is 2. The molecule has 0 aromatic carbocycles. The molecule has 0 aliphatic heterocycles. The third-order valence-electron chi connectivity index (χ3n) is 2.97. The van der Waals surface area contributed by atoms with E-state index in [4.69, 9.17) is 9.68 Å². The molecule has 0 spiro atoms. The average molecular weight is 314 g/mol. The molecule has 0 heterocycles. The van der Waals surface area contributed by atoms with Crippen molar-refractivity contribution < 1.29 is 19.3 Å². The number of unbranched alkanes of at least 4 members (excludes halogenated alkanes) is 6. The molecule has 6 heteroatoms. The molecule has 0 atom stereocenters. The molecule has 128 valence electrons. The van der Waals surface area contributed by atoms with E-state index in [1.807, 2.05) is 0 Å². The van der Waals surface area contributed by atoms with Crippen molar-refractivity contribution >= 4 is 11.9 Å². The normalized spacial score (nSPS) is 10.8. The number of rotatable bonds is 14. The quantitative estimate of drug-likeness (QED) is 0.292. The maximum Gasteiger partial charge on any atom is 0.349 e. The predicted molar refractivity (Wildman–Crippen MR) is 85.6 cm³/mol. The second-order valence-corrected chi connectivity index (χ2v) is 5.09. The van der Waals surface area contributed by atoms with E-state index in [2.05, 4.69) is 24.8 Å². The second-order valence-electron chi connectivity index (χ2n) is 5.09. The molecule has 0 saturated carbocycles. The minimum absolute atomic E-state index is 0.614. The summed E-state index contributed by atoms with van der Waals surface area (Å²) in [5.74, 6) is -1.23. The Morgan fingerprint density at radius 1 is 0.727 bits per heavy atom. The van der Waals surface area contributed by atoms with Crippen LogP contribution >= 0.6 is 0 Å². The zero-order valence-electron chi connectivity index (χ0n) is 13.9. The molecule has 2 N–H and O–H groups in total. The van der Waals surface area contributed by atoms with Gasteiger partial charge in [-0.2, -0.15) is 11.0 Å². The average Bonchev–Trinajstić information content (AvgIpc) is 2.52. The van der Waals surface area contributed by atoms with Crippen LogP contribution in [0.5, 0.6) is 0 Å². The molecule has 0 amide bonds. The minimum Gasteiger partial charge on any atom is -0.367 e. The van der Waals surface area contributed by atoms with Crippen molar-refractivity contribution in [3.05, 3.63) is 12.2 Å². The summed E-state index contributed by atoms with van der Waals surface area (Å²) in [5.41, 5.74) is 5.14. The van der Waals surface area contributed by atoms with Crippen LogP contribution in [-0.4, -0.2) is 25.0 Å². The summed E-state index contributed by atoms with van der Waals surface area (Å²) in [4.78, 5) is 32.0. The molecular formula is C16H30N2O4. The van der Waals surface area contributed by atoms with E-state index >= 15 is 0 Å². The largest absolute Gasteiger partial charge is 0.367 e. The van der Waals surface area contributed by atoms with Crippen molar-refractivity contribution in [2.45, 2.75) is 65.2 Å². The van der Waals surface area contributed by atoms with Crippen molar-refractivity contribution in [3.63, 3.8) is 0 Å². The molecule has 0 aromatic rings. The fraction of sp³-hybridized carbons (Fsp3) is 0.750. The van der Waals surface area contributed by atoms with Gasteiger partial charge in [-0.1, -0.05) is 52.4 Å². The van der Waals surface area contributed by atoms with Gasteiger partial charge in [-0.15, -0.1) is 0 Å². The van der Waals surface area contributed by atoms with Crippen molar-refractivity contribution in [3.8, 4) is 0 Å². The van der Waals surface area contributed by atoms with Gasteiger partial charge in [0, 0.05) is 25.2 Å². The standard InChI is InChI=1S/C16H30N2O4/c1-3-5-7-9-13-17-21-15(19)11-12-16(20)22-18-14-10-8-6-4-2/h11-12,17-18H,3-10,13-14H2,1-2H3/b12-11-. The van der Waals surface area contributed by atoms with E-state index in [9.17, 15) is 9.59 Å². The Bertz CT molecular complexity index is 289. The topological polar surface area (TPSA) is 76.7 Å². The lowest BCUT2D eigenvalue weighted by molar-refractivity contribution is -0.147. The first kappa shape index (κ1) is 20.6. The van der Waals surface area contributed by atoms with Crippen molar-refractivity contribution in [2.75, 3.05) is 13.1 Å². The van der Waals surface area contributed by atoms with Crippen LogP contribution in [0.15, 0.2) is 12.2 Å². The molecule has 0 bridgehead atoms. The number of hydrogen-bond acceptors (Lipinski definition) is 6. The SMILES string of the molecule is CCCCCCNOC(=O)/C=C\C(=O)ONCCCCCC. The molecular weight excluding hydrogens is 284 g/mol. The van der Waals surface area contributed by atoms with Crippen molar-refractivity contribution in [2.24, 2.45) is 0 Å². The molecule has 22 heavy (non-hydrogen) atoms. The molecule has 0 saturated heterocycles. The lowest BCUT2D eigenvalue weighted by atomic mass is 10.2. The van der Waals surface area contributed by atoms with Gasteiger partial charge in [0.05, 0.1) is 0 Å². The first-order chi connectivity index (χ1) is 10.7. The van der Waals surface area contributed by atoms with Gasteiger partial charge < -0.3 is 9.68 Å². The van der Waals surface area contributed by atoms with Crippen molar-refractivity contribution in [1.82, 2.24) is 11.0 Å². The summed E-state index contributed by atoms with van der Waals surface area (Å²) in [6, 6.07) is 0.